The molecule has 8 heteroatoms. The Morgan fingerprint density at radius 1 is 1.15 bits per heavy atom. The number of aromatic nitrogens is 2. The van der Waals surface area contributed by atoms with E-state index in [0.29, 0.717) is 30.1 Å². The molecule has 1 atom stereocenters. The molecule has 0 aliphatic carbocycles. The average molecular weight is 393 g/mol. The number of methoxy groups -OCH3 is 1. The number of hydrogen-bond donors (Lipinski definition) is 2. The third-order valence-corrected chi connectivity index (χ3v) is 5.42. The Hall–Kier alpha value is -1.67. The Balaban J connectivity index is 1.78. The molecule has 0 aromatic carbocycles. The van der Waals surface area contributed by atoms with Crippen LogP contribution in [0.25, 0.3) is 0 Å². The fourth-order valence-electron chi connectivity index (χ4n) is 3.73. The largest absolute Gasteiger partial charge is 0.383 e. The summed E-state index contributed by atoms with van der Waals surface area (Å²) in [5.41, 5.74) is 0. The van der Waals surface area contributed by atoms with E-state index >= 15 is 0 Å². The van der Waals surface area contributed by atoms with Crippen LogP contribution in [0.1, 0.15) is 39.0 Å². The van der Waals surface area contributed by atoms with Crippen molar-refractivity contribution in [2.75, 3.05) is 61.6 Å². The van der Waals surface area contributed by atoms with Crippen molar-refractivity contribution in [3.63, 3.8) is 0 Å². The third-order valence-electron chi connectivity index (χ3n) is 5.18. The van der Waals surface area contributed by atoms with E-state index in [-0.39, 0.29) is 0 Å². The van der Waals surface area contributed by atoms with E-state index in [2.05, 4.69) is 33.4 Å². The van der Waals surface area contributed by atoms with Crippen LogP contribution in [0.4, 0.5) is 17.6 Å². The van der Waals surface area contributed by atoms with Crippen molar-refractivity contribution >= 4 is 34.9 Å². The van der Waals surface area contributed by atoms with Gasteiger partial charge in [-0.1, -0.05) is 6.92 Å². The summed E-state index contributed by atoms with van der Waals surface area (Å²) in [6, 6.07) is 2.15. The van der Waals surface area contributed by atoms with Crippen LogP contribution in [0.2, 0.25) is 0 Å². The van der Waals surface area contributed by atoms with Crippen molar-refractivity contribution in [3.8, 4) is 0 Å². The summed E-state index contributed by atoms with van der Waals surface area (Å²) in [5.74, 6) is 3.26. The fraction of sp³-hybridized carbons (Fsp3) is 0.737. The summed E-state index contributed by atoms with van der Waals surface area (Å²) >= 11 is 5.38. The Bertz CT molecular complexity index is 622. The molecular formula is C19H32N6OS. The minimum atomic E-state index is 0.529. The quantitative estimate of drug-likeness (QED) is 0.566. The smallest absolute Gasteiger partial charge is 0.232 e. The Labute approximate surface area is 167 Å². The molecule has 150 valence electrons. The van der Waals surface area contributed by atoms with Gasteiger partial charge in [-0.15, -0.1) is 0 Å². The number of piperidine rings is 2. The van der Waals surface area contributed by atoms with Crippen LogP contribution in [0.3, 0.4) is 0 Å². The van der Waals surface area contributed by atoms with Gasteiger partial charge in [-0.05, 0) is 50.2 Å². The summed E-state index contributed by atoms with van der Waals surface area (Å²) in [6.07, 6.45) is 6.25. The SMILES string of the molecule is COCCNC(=S)Nc1nc(N2CCCCC2)cc(N2CCC[C@@H](C)C2)n1. The van der Waals surface area contributed by atoms with Gasteiger partial charge in [0.1, 0.15) is 11.6 Å². The van der Waals surface area contributed by atoms with Gasteiger partial charge >= 0.3 is 0 Å². The van der Waals surface area contributed by atoms with Gasteiger partial charge < -0.3 is 25.2 Å². The second-order valence-electron chi connectivity index (χ2n) is 7.52. The molecule has 1 aromatic rings. The molecule has 7 nitrogen and oxygen atoms in total. The van der Waals surface area contributed by atoms with E-state index in [1.165, 1.54) is 32.1 Å². The topological polar surface area (TPSA) is 65.6 Å². The Morgan fingerprint density at radius 3 is 2.56 bits per heavy atom. The second-order valence-corrected chi connectivity index (χ2v) is 7.93. The highest BCUT2D eigenvalue weighted by molar-refractivity contribution is 7.80. The molecule has 0 radical (unpaired) electrons. The molecule has 0 amide bonds. The number of hydrogen-bond acceptors (Lipinski definition) is 6. The van der Waals surface area contributed by atoms with Crippen molar-refractivity contribution < 1.29 is 4.74 Å². The number of ether oxygens (including phenoxy) is 1. The molecule has 2 saturated heterocycles. The van der Waals surface area contributed by atoms with E-state index in [4.69, 9.17) is 26.9 Å². The van der Waals surface area contributed by atoms with Gasteiger partial charge in [-0.2, -0.15) is 9.97 Å². The molecule has 1 aromatic heterocycles. The highest BCUT2D eigenvalue weighted by Gasteiger charge is 2.21. The van der Waals surface area contributed by atoms with Crippen molar-refractivity contribution in [2.45, 2.75) is 39.0 Å². The fourth-order valence-corrected chi connectivity index (χ4v) is 3.93. The predicted molar refractivity (Wildman–Crippen MR) is 115 cm³/mol. The van der Waals surface area contributed by atoms with E-state index in [9.17, 15) is 0 Å². The van der Waals surface area contributed by atoms with Crippen molar-refractivity contribution in [2.24, 2.45) is 5.92 Å². The minimum Gasteiger partial charge on any atom is -0.383 e. The molecule has 0 saturated carbocycles. The summed E-state index contributed by atoms with van der Waals surface area (Å²) in [4.78, 5) is 14.3. The zero-order valence-corrected chi connectivity index (χ0v) is 17.4. The van der Waals surface area contributed by atoms with Crippen LogP contribution in [0.15, 0.2) is 6.07 Å². The molecule has 3 rings (SSSR count). The van der Waals surface area contributed by atoms with Gasteiger partial charge in [-0.25, -0.2) is 0 Å². The number of nitrogens with one attached hydrogen (secondary N) is 2. The lowest BCUT2D eigenvalue weighted by molar-refractivity contribution is 0.204. The van der Waals surface area contributed by atoms with Crippen LogP contribution in [0, 0.1) is 5.92 Å². The van der Waals surface area contributed by atoms with Gasteiger partial charge in [0, 0.05) is 45.9 Å². The van der Waals surface area contributed by atoms with E-state index < -0.39 is 0 Å². The average Bonchev–Trinajstić information content (AvgIpc) is 2.68. The molecule has 3 heterocycles. The highest BCUT2D eigenvalue weighted by atomic mass is 32.1. The predicted octanol–water partition coefficient (Wildman–Crippen LogP) is 2.64. The summed E-state index contributed by atoms with van der Waals surface area (Å²) in [6.45, 7) is 7.79. The summed E-state index contributed by atoms with van der Waals surface area (Å²) in [5, 5.41) is 6.81. The lowest BCUT2D eigenvalue weighted by Gasteiger charge is -2.33. The van der Waals surface area contributed by atoms with Crippen molar-refractivity contribution in [3.05, 3.63) is 6.07 Å². The first-order valence-electron chi connectivity index (χ1n) is 10.1. The first-order valence-corrected chi connectivity index (χ1v) is 10.5. The summed E-state index contributed by atoms with van der Waals surface area (Å²) in [7, 11) is 1.68. The third kappa shape index (κ3) is 5.90. The number of anilines is 3. The Morgan fingerprint density at radius 2 is 1.85 bits per heavy atom. The number of thiocarbonyl (C=S) groups is 1. The molecule has 2 aliphatic heterocycles. The van der Waals surface area contributed by atoms with E-state index in [1.54, 1.807) is 7.11 Å². The van der Waals surface area contributed by atoms with Gasteiger partial charge in [0.15, 0.2) is 5.11 Å². The van der Waals surface area contributed by atoms with E-state index in [1.807, 2.05) is 0 Å². The first-order chi connectivity index (χ1) is 13.2. The molecule has 2 fully saturated rings. The Kier molecular flexibility index (Phi) is 7.46. The lowest BCUT2D eigenvalue weighted by Crippen LogP contribution is -2.36. The van der Waals surface area contributed by atoms with E-state index in [0.717, 1.165) is 37.8 Å². The molecule has 0 unspecified atom stereocenters. The molecule has 27 heavy (non-hydrogen) atoms. The van der Waals surface area contributed by atoms with Gasteiger partial charge in [0.25, 0.3) is 0 Å². The van der Waals surface area contributed by atoms with Crippen LogP contribution in [-0.4, -0.2) is 61.5 Å². The molecule has 2 aliphatic rings. The van der Waals surface area contributed by atoms with Crippen molar-refractivity contribution in [1.82, 2.24) is 15.3 Å². The van der Waals surface area contributed by atoms with Gasteiger partial charge in [0.2, 0.25) is 5.95 Å². The highest BCUT2D eigenvalue weighted by Crippen LogP contribution is 2.27. The standard InChI is InChI=1S/C19H32N6OS/c1-15-7-6-11-25(14-15)17-13-16(24-9-4-3-5-10-24)21-18(22-17)23-19(27)20-8-12-26-2/h13,15H,3-12,14H2,1-2H3,(H2,20,21,22,23,27)/t15-/m1/s1. The second kappa shape index (κ2) is 10.0. The maximum Gasteiger partial charge on any atom is 0.232 e. The lowest BCUT2D eigenvalue weighted by atomic mass is 10.0. The van der Waals surface area contributed by atoms with Crippen LogP contribution in [0.5, 0.6) is 0 Å². The maximum absolute atomic E-state index is 5.38. The number of rotatable bonds is 6. The van der Waals surface area contributed by atoms with Gasteiger partial charge in [0.05, 0.1) is 6.61 Å². The van der Waals surface area contributed by atoms with Crippen LogP contribution < -0.4 is 20.4 Å². The molecule has 2 N–H and O–H groups in total. The van der Waals surface area contributed by atoms with Crippen molar-refractivity contribution in [1.29, 1.82) is 0 Å². The monoisotopic (exact) mass is 392 g/mol. The molecule has 0 bridgehead atoms. The number of nitrogens with zero attached hydrogens (tertiary/aromatic N) is 4. The summed E-state index contributed by atoms with van der Waals surface area (Å²) < 4.78 is 5.05. The zero-order chi connectivity index (χ0) is 19.1. The molecule has 0 spiro atoms. The van der Waals surface area contributed by atoms with Crippen LogP contribution in [-0.2, 0) is 4.74 Å². The zero-order valence-electron chi connectivity index (χ0n) is 16.5. The minimum absolute atomic E-state index is 0.529. The van der Waals surface area contributed by atoms with Crippen LogP contribution >= 0.6 is 12.2 Å². The maximum atomic E-state index is 5.38. The molecular weight excluding hydrogens is 360 g/mol. The first kappa shape index (κ1) is 20.1. The normalized spacial score (nSPS) is 20.4. The van der Waals surface area contributed by atoms with Gasteiger partial charge in [-0.3, -0.25) is 0 Å².